The lowest BCUT2D eigenvalue weighted by molar-refractivity contribution is -0.118. The molecule has 1 unspecified atom stereocenters. The summed E-state index contributed by atoms with van der Waals surface area (Å²) in [6, 6.07) is 13.8. The first-order valence-corrected chi connectivity index (χ1v) is 10.9. The van der Waals surface area contributed by atoms with Crippen molar-refractivity contribution in [3.05, 3.63) is 54.1 Å². The molecule has 6 nitrogen and oxygen atoms in total. The van der Waals surface area contributed by atoms with Gasteiger partial charge in [-0.25, -0.2) is 8.42 Å². The summed E-state index contributed by atoms with van der Waals surface area (Å²) in [6.45, 7) is 4.98. The fourth-order valence-corrected chi connectivity index (χ4v) is 4.88. The van der Waals surface area contributed by atoms with Crippen molar-refractivity contribution in [3.8, 4) is 5.75 Å². The van der Waals surface area contributed by atoms with Crippen LogP contribution in [0.15, 0.2) is 53.4 Å². The van der Waals surface area contributed by atoms with E-state index in [1.807, 2.05) is 31.2 Å². The minimum atomic E-state index is -3.50. The van der Waals surface area contributed by atoms with Gasteiger partial charge in [0.25, 0.3) is 5.91 Å². The van der Waals surface area contributed by atoms with Gasteiger partial charge in [-0.2, -0.15) is 4.31 Å². The van der Waals surface area contributed by atoms with E-state index in [1.54, 1.807) is 16.4 Å². The van der Waals surface area contributed by atoms with E-state index in [4.69, 9.17) is 4.74 Å². The molecule has 2 aromatic rings. The monoisotopic (exact) mass is 402 g/mol. The molecule has 0 saturated carbocycles. The summed E-state index contributed by atoms with van der Waals surface area (Å²) in [4.78, 5) is 12.3. The average Bonchev–Trinajstić information content (AvgIpc) is 2.68. The summed E-state index contributed by atoms with van der Waals surface area (Å²) in [6.07, 6.45) is 1.94. The van der Waals surface area contributed by atoms with Gasteiger partial charge < -0.3 is 10.1 Å². The zero-order valence-electron chi connectivity index (χ0n) is 16.2. The first-order chi connectivity index (χ1) is 13.4. The zero-order valence-corrected chi connectivity index (χ0v) is 17.0. The first-order valence-electron chi connectivity index (χ1n) is 9.45. The number of benzene rings is 2. The molecule has 0 aromatic heterocycles. The van der Waals surface area contributed by atoms with Crippen LogP contribution in [0.25, 0.3) is 0 Å². The second kappa shape index (κ2) is 8.75. The van der Waals surface area contributed by atoms with Crippen LogP contribution in [0.1, 0.15) is 25.3 Å². The summed E-state index contributed by atoms with van der Waals surface area (Å²) in [5.41, 5.74) is 1.49. The van der Waals surface area contributed by atoms with Crippen LogP contribution in [0.5, 0.6) is 5.75 Å². The van der Waals surface area contributed by atoms with E-state index in [1.165, 1.54) is 12.1 Å². The molecule has 1 amide bonds. The van der Waals surface area contributed by atoms with Crippen LogP contribution < -0.4 is 10.1 Å². The maximum absolute atomic E-state index is 12.8. The highest BCUT2D eigenvalue weighted by Gasteiger charge is 2.28. The Morgan fingerprint density at radius 1 is 1.18 bits per heavy atom. The minimum Gasteiger partial charge on any atom is -0.483 e. The third kappa shape index (κ3) is 4.91. The van der Waals surface area contributed by atoms with Crippen LogP contribution in [0, 0.1) is 12.8 Å². The van der Waals surface area contributed by atoms with Gasteiger partial charge in [0.05, 0.1) is 4.90 Å². The number of hydrogen-bond donors (Lipinski definition) is 1. The fourth-order valence-electron chi connectivity index (χ4n) is 3.28. The number of carbonyl (C=O) groups is 1. The molecular weight excluding hydrogens is 376 g/mol. The Morgan fingerprint density at radius 3 is 2.57 bits per heavy atom. The van der Waals surface area contributed by atoms with Gasteiger partial charge in [-0.3, -0.25) is 4.79 Å². The van der Waals surface area contributed by atoms with E-state index >= 15 is 0 Å². The van der Waals surface area contributed by atoms with Crippen LogP contribution in [-0.2, 0) is 14.8 Å². The molecule has 1 fully saturated rings. The number of piperidine rings is 1. The van der Waals surface area contributed by atoms with E-state index in [-0.39, 0.29) is 17.4 Å². The third-order valence-corrected chi connectivity index (χ3v) is 6.73. The smallest absolute Gasteiger partial charge is 0.262 e. The van der Waals surface area contributed by atoms with Crippen LogP contribution in [0.3, 0.4) is 0 Å². The number of hydrogen-bond acceptors (Lipinski definition) is 4. The number of sulfonamides is 1. The topological polar surface area (TPSA) is 75.7 Å². The van der Waals surface area contributed by atoms with E-state index in [9.17, 15) is 13.2 Å². The molecule has 0 spiro atoms. The van der Waals surface area contributed by atoms with Crippen molar-refractivity contribution in [3.63, 3.8) is 0 Å². The second-order valence-electron chi connectivity index (χ2n) is 7.24. The van der Waals surface area contributed by atoms with E-state index in [0.717, 1.165) is 18.4 Å². The van der Waals surface area contributed by atoms with Crippen LogP contribution >= 0.6 is 0 Å². The van der Waals surface area contributed by atoms with Gasteiger partial charge in [0.1, 0.15) is 5.75 Å². The van der Waals surface area contributed by atoms with Crippen LogP contribution in [-0.4, -0.2) is 38.3 Å². The van der Waals surface area contributed by atoms with Gasteiger partial charge >= 0.3 is 0 Å². The van der Waals surface area contributed by atoms with Crippen molar-refractivity contribution in [2.45, 2.75) is 31.6 Å². The Labute approximate surface area is 166 Å². The van der Waals surface area contributed by atoms with E-state index in [2.05, 4.69) is 12.2 Å². The number of nitrogens with zero attached hydrogens (tertiary/aromatic N) is 1. The maximum Gasteiger partial charge on any atom is 0.262 e. The Bertz CT molecular complexity index is 926. The molecule has 1 N–H and O–H groups in total. The second-order valence-corrected chi connectivity index (χ2v) is 9.18. The lowest BCUT2D eigenvalue weighted by Crippen LogP contribution is -2.39. The molecule has 1 atom stereocenters. The van der Waals surface area contributed by atoms with Crippen molar-refractivity contribution >= 4 is 21.6 Å². The highest BCUT2D eigenvalue weighted by molar-refractivity contribution is 7.89. The quantitative estimate of drug-likeness (QED) is 0.803. The first kappa shape index (κ1) is 20.4. The highest BCUT2D eigenvalue weighted by Crippen LogP contribution is 2.24. The molecule has 28 heavy (non-hydrogen) atoms. The Balaban J connectivity index is 1.59. The predicted octanol–water partition coefficient (Wildman–Crippen LogP) is 3.43. The Kier molecular flexibility index (Phi) is 6.36. The number of anilines is 1. The van der Waals surface area contributed by atoms with Gasteiger partial charge in [-0.15, -0.1) is 0 Å². The van der Waals surface area contributed by atoms with Gasteiger partial charge in [-0.05, 0) is 61.6 Å². The average molecular weight is 403 g/mol. The summed E-state index contributed by atoms with van der Waals surface area (Å²) in [5, 5.41) is 2.72. The largest absolute Gasteiger partial charge is 0.483 e. The number of amides is 1. The standard InChI is InChI=1S/C21H26N2O4S/c1-16-6-5-13-23(14-16)28(25,26)19-11-9-18(10-12-19)22-21(24)15-27-20-8-4-3-7-17(20)2/h3-4,7-12,16H,5-6,13-15H2,1-2H3,(H,22,24). The van der Waals surface area contributed by atoms with Gasteiger partial charge in [-0.1, -0.05) is 25.1 Å². The van der Waals surface area contributed by atoms with Crippen LogP contribution in [0.4, 0.5) is 5.69 Å². The van der Waals surface area contributed by atoms with Gasteiger partial charge in [0.2, 0.25) is 10.0 Å². The normalized spacial score (nSPS) is 17.9. The molecule has 1 aliphatic rings. The molecule has 0 radical (unpaired) electrons. The fraction of sp³-hybridized carbons (Fsp3) is 0.381. The molecule has 7 heteroatoms. The minimum absolute atomic E-state index is 0.115. The number of ether oxygens (including phenoxy) is 1. The summed E-state index contributed by atoms with van der Waals surface area (Å²) >= 11 is 0. The van der Waals surface area contributed by atoms with Crippen molar-refractivity contribution in [2.75, 3.05) is 25.0 Å². The number of carbonyl (C=O) groups excluding carboxylic acids is 1. The number of nitrogens with one attached hydrogen (secondary N) is 1. The van der Waals surface area contributed by atoms with Crippen molar-refractivity contribution in [1.82, 2.24) is 4.31 Å². The molecule has 1 saturated heterocycles. The van der Waals surface area contributed by atoms with E-state index in [0.29, 0.717) is 30.4 Å². The SMILES string of the molecule is Cc1ccccc1OCC(=O)Nc1ccc(S(=O)(=O)N2CCCC(C)C2)cc1. The van der Waals surface area contributed by atoms with Crippen molar-refractivity contribution < 1.29 is 17.9 Å². The molecule has 2 aromatic carbocycles. The summed E-state index contributed by atoms with van der Waals surface area (Å²) in [7, 11) is -3.50. The van der Waals surface area contributed by atoms with Gasteiger partial charge in [0, 0.05) is 18.8 Å². The maximum atomic E-state index is 12.8. The Hall–Kier alpha value is -2.38. The molecule has 150 valence electrons. The molecule has 3 rings (SSSR count). The van der Waals surface area contributed by atoms with Crippen LogP contribution in [0.2, 0.25) is 0 Å². The summed E-state index contributed by atoms with van der Waals surface area (Å²) in [5.74, 6) is 0.730. The number of para-hydroxylation sites is 1. The molecule has 1 aliphatic heterocycles. The summed E-state index contributed by atoms with van der Waals surface area (Å²) < 4.78 is 32.6. The van der Waals surface area contributed by atoms with Crippen molar-refractivity contribution in [1.29, 1.82) is 0 Å². The molecule has 0 bridgehead atoms. The highest BCUT2D eigenvalue weighted by atomic mass is 32.2. The lowest BCUT2D eigenvalue weighted by atomic mass is 10.0. The van der Waals surface area contributed by atoms with Crippen molar-refractivity contribution in [2.24, 2.45) is 5.92 Å². The lowest BCUT2D eigenvalue weighted by Gasteiger charge is -2.30. The predicted molar refractivity (Wildman–Crippen MR) is 109 cm³/mol. The molecular formula is C21H26N2O4S. The van der Waals surface area contributed by atoms with Gasteiger partial charge in [0.15, 0.2) is 6.61 Å². The number of aryl methyl sites for hydroxylation is 1. The van der Waals surface area contributed by atoms with E-state index < -0.39 is 10.0 Å². The third-order valence-electron chi connectivity index (χ3n) is 4.85. The zero-order chi connectivity index (χ0) is 20.1. The number of rotatable bonds is 6. The molecule has 1 heterocycles. The Morgan fingerprint density at radius 2 is 1.89 bits per heavy atom. The molecule has 0 aliphatic carbocycles.